The normalized spacial score (nSPS) is 11.9. The van der Waals surface area contributed by atoms with E-state index in [1.54, 1.807) is 17.6 Å². The number of anilines is 1. The summed E-state index contributed by atoms with van der Waals surface area (Å²) in [5.41, 5.74) is 0.971. The van der Waals surface area contributed by atoms with Gasteiger partial charge in [-0.15, -0.1) is 22.7 Å². The van der Waals surface area contributed by atoms with Gasteiger partial charge in [0.15, 0.2) is 5.13 Å². The average Bonchev–Trinajstić information content (AvgIpc) is 2.96. The van der Waals surface area contributed by atoms with Crippen LogP contribution in [-0.4, -0.2) is 19.4 Å². The Morgan fingerprint density at radius 2 is 2.16 bits per heavy atom. The molecule has 8 heteroatoms. The topological polar surface area (TPSA) is 71.1 Å². The molecular formula is C11H15N3O2S3. The number of nitrogens with zero attached hydrogens (tertiary/aromatic N) is 1. The first kappa shape index (κ1) is 14.4. The Morgan fingerprint density at radius 1 is 1.37 bits per heavy atom. The lowest BCUT2D eigenvalue weighted by atomic mass is 10.3. The summed E-state index contributed by atoms with van der Waals surface area (Å²) in [5.74, 6) is 0. The summed E-state index contributed by atoms with van der Waals surface area (Å²) < 4.78 is 27.0. The molecule has 2 heterocycles. The van der Waals surface area contributed by atoms with E-state index in [9.17, 15) is 8.42 Å². The molecule has 0 spiro atoms. The zero-order valence-corrected chi connectivity index (χ0v) is 13.0. The first-order valence-corrected chi connectivity index (χ1v) is 8.95. The number of sulfonamides is 1. The third kappa shape index (κ3) is 4.00. The van der Waals surface area contributed by atoms with Crippen LogP contribution in [0.2, 0.25) is 0 Å². The predicted octanol–water partition coefficient (Wildman–Crippen LogP) is 2.50. The molecule has 0 saturated carbocycles. The molecule has 0 aliphatic rings. The highest BCUT2D eigenvalue weighted by Gasteiger charge is 2.17. The minimum Gasteiger partial charge on any atom is -0.310 e. The molecule has 0 aliphatic carbocycles. The van der Waals surface area contributed by atoms with Gasteiger partial charge in [-0.25, -0.2) is 13.4 Å². The zero-order chi connectivity index (χ0) is 13.9. The summed E-state index contributed by atoms with van der Waals surface area (Å²) >= 11 is 2.47. The first-order valence-electron chi connectivity index (χ1n) is 5.70. The molecule has 0 radical (unpaired) electrons. The Balaban J connectivity index is 2.08. The maximum absolute atomic E-state index is 12.1. The number of aromatic nitrogens is 1. The molecule has 0 saturated heterocycles. The van der Waals surface area contributed by atoms with E-state index >= 15 is 0 Å². The van der Waals surface area contributed by atoms with Crippen molar-refractivity contribution in [3.63, 3.8) is 0 Å². The standard InChI is InChI=1S/C11H15N3O2S3/c1-8(2)13-6-9-5-10(18-7-9)19(15,16)14-11-12-3-4-17-11/h3-5,7-8,13H,6H2,1-2H3,(H,12,14). The van der Waals surface area contributed by atoms with E-state index in [0.29, 0.717) is 21.9 Å². The molecule has 0 fully saturated rings. The van der Waals surface area contributed by atoms with Gasteiger partial charge in [0.05, 0.1) is 0 Å². The van der Waals surface area contributed by atoms with Gasteiger partial charge in [-0.2, -0.15) is 0 Å². The largest absolute Gasteiger partial charge is 0.310 e. The van der Waals surface area contributed by atoms with Gasteiger partial charge in [0.25, 0.3) is 10.0 Å². The number of thiophene rings is 1. The molecule has 0 aliphatic heterocycles. The van der Waals surface area contributed by atoms with Crippen molar-refractivity contribution in [2.24, 2.45) is 0 Å². The maximum Gasteiger partial charge on any atom is 0.273 e. The number of rotatable bonds is 6. The van der Waals surface area contributed by atoms with E-state index in [4.69, 9.17) is 0 Å². The quantitative estimate of drug-likeness (QED) is 0.859. The Morgan fingerprint density at radius 3 is 2.79 bits per heavy atom. The first-order chi connectivity index (χ1) is 8.97. The lowest BCUT2D eigenvalue weighted by Gasteiger charge is -2.05. The Labute approximate surface area is 120 Å². The van der Waals surface area contributed by atoms with Gasteiger partial charge in [0.1, 0.15) is 4.21 Å². The molecule has 0 atom stereocenters. The molecule has 0 bridgehead atoms. The van der Waals surface area contributed by atoms with Gasteiger partial charge in [-0.3, -0.25) is 4.72 Å². The van der Waals surface area contributed by atoms with Crippen molar-refractivity contribution >= 4 is 37.8 Å². The van der Waals surface area contributed by atoms with Crippen LogP contribution in [0.4, 0.5) is 5.13 Å². The van der Waals surface area contributed by atoms with Gasteiger partial charge in [-0.1, -0.05) is 13.8 Å². The fourth-order valence-electron chi connectivity index (χ4n) is 1.35. The summed E-state index contributed by atoms with van der Waals surface area (Å²) in [7, 11) is -3.51. The molecule has 2 aromatic heterocycles. The van der Waals surface area contributed by atoms with E-state index < -0.39 is 10.0 Å². The summed E-state index contributed by atoms with van der Waals surface area (Å²) in [6, 6.07) is 2.06. The van der Waals surface area contributed by atoms with Gasteiger partial charge >= 0.3 is 0 Å². The Kier molecular flexibility index (Phi) is 4.56. The lowest BCUT2D eigenvalue weighted by molar-refractivity contribution is 0.589. The number of thiazole rings is 1. The molecule has 0 amide bonds. The molecule has 2 N–H and O–H groups in total. The van der Waals surface area contributed by atoms with E-state index in [1.807, 2.05) is 19.2 Å². The van der Waals surface area contributed by atoms with E-state index in [-0.39, 0.29) is 0 Å². The minimum absolute atomic E-state index is 0.309. The summed E-state index contributed by atoms with van der Waals surface area (Å²) in [6.07, 6.45) is 1.56. The van der Waals surface area contributed by atoms with Crippen LogP contribution in [0.25, 0.3) is 0 Å². The molecule has 5 nitrogen and oxygen atoms in total. The van der Waals surface area contributed by atoms with Crippen LogP contribution in [0.5, 0.6) is 0 Å². The minimum atomic E-state index is -3.51. The second-order valence-electron chi connectivity index (χ2n) is 4.25. The van der Waals surface area contributed by atoms with Crippen molar-refractivity contribution in [3.8, 4) is 0 Å². The van der Waals surface area contributed by atoms with E-state index in [2.05, 4.69) is 15.0 Å². The van der Waals surface area contributed by atoms with Gasteiger partial charge in [0, 0.05) is 24.2 Å². The third-order valence-electron chi connectivity index (χ3n) is 2.26. The van der Waals surface area contributed by atoms with E-state index in [1.165, 1.54) is 22.7 Å². The highest BCUT2D eigenvalue weighted by molar-refractivity contribution is 7.94. The van der Waals surface area contributed by atoms with Crippen molar-refractivity contribution in [3.05, 3.63) is 28.6 Å². The molecule has 19 heavy (non-hydrogen) atoms. The average molecular weight is 317 g/mol. The number of hydrogen-bond acceptors (Lipinski definition) is 6. The van der Waals surface area contributed by atoms with Crippen LogP contribution >= 0.6 is 22.7 Å². The second-order valence-corrected chi connectivity index (χ2v) is 7.97. The number of hydrogen-bond donors (Lipinski definition) is 2. The molecule has 0 aromatic carbocycles. The van der Waals surface area contributed by atoms with Crippen molar-refractivity contribution in [1.82, 2.24) is 10.3 Å². The fraction of sp³-hybridized carbons (Fsp3) is 0.364. The second kappa shape index (κ2) is 6.00. The SMILES string of the molecule is CC(C)NCc1csc(S(=O)(=O)Nc2nccs2)c1. The number of nitrogens with one attached hydrogen (secondary N) is 2. The summed E-state index contributed by atoms with van der Waals surface area (Å²) in [6.45, 7) is 4.77. The van der Waals surface area contributed by atoms with Gasteiger partial charge in [-0.05, 0) is 17.0 Å². The van der Waals surface area contributed by atoms with Crippen LogP contribution in [0.3, 0.4) is 0 Å². The van der Waals surface area contributed by atoms with Crippen molar-refractivity contribution in [1.29, 1.82) is 0 Å². The van der Waals surface area contributed by atoms with Crippen LogP contribution < -0.4 is 10.0 Å². The molecule has 2 aromatic rings. The zero-order valence-electron chi connectivity index (χ0n) is 10.6. The monoisotopic (exact) mass is 317 g/mol. The van der Waals surface area contributed by atoms with Crippen molar-refractivity contribution in [2.45, 2.75) is 30.6 Å². The molecular weight excluding hydrogens is 302 g/mol. The maximum atomic E-state index is 12.1. The van der Waals surface area contributed by atoms with Crippen molar-refractivity contribution < 1.29 is 8.42 Å². The smallest absolute Gasteiger partial charge is 0.273 e. The van der Waals surface area contributed by atoms with Crippen LogP contribution in [0, 0.1) is 0 Å². The molecule has 2 rings (SSSR count). The highest BCUT2D eigenvalue weighted by Crippen LogP contribution is 2.23. The third-order valence-corrected chi connectivity index (χ3v) is 5.91. The Bertz CT molecular complexity index is 617. The van der Waals surface area contributed by atoms with Crippen molar-refractivity contribution in [2.75, 3.05) is 4.72 Å². The van der Waals surface area contributed by atoms with Crippen LogP contribution in [0.1, 0.15) is 19.4 Å². The lowest BCUT2D eigenvalue weighted by Crippen LogP contribution is -2.21. The summed E-state index contributed by atoms with van der Waals surface area (Å²) in [5, 5.41) is 7.22. The fourth-order valence-corrected chi connectivity index (χ4v) is 4.35. The molecule has 104 valence electrons. The summed E-state index contributed by atoms with van der Waals surface area (Å²) in [4.78, 5) is 3.91. The highest BCUT2D eigenvalue weighted by atomic mass is 32.2. The predicted molar refractivity (Wildman–Crippen MR) is 79.2 cm³/mol. The van der Waals surface area contributed by atoms with Crippen LogP contribution in [0.15, 0.2) is 27.2 Å². The van der Waals surface area contributed by atoms with E-state index in [0.717, 1.165) is 5.56 Å². The Hall–Kier alpha value is -0.960. The molecule has 0 unspecified atom stereocenters. The van der Waals surface area contributed by atoms with Crippen LogP contribution in [-0.2, 0) is 16.6 Å². The van der Waals surface area contributed by atoms with Gasteiger partial charge < -0.3 is 5.32 Å². The van der Waals surface area contributed by atoms with Gasteiger partial charge in [0.2, 0.25) is 0 Å².